The van der Waals surface area contributed by atoms with Gasteiger partial charge in [-0.15, -0.1) is 0 Å². The topological polar surface area (TPSA) is 117 Å². The first-order valence-corrected chi connectivity index (χ1v) is 13.1. The Kier molecular flexibility index (Phi) is 8.48. The summed E-state index contributed by atoms with van der Waals surface area (Å²) < 4.78 is 19.1. The average molecular weight is 561 g/mol. The van der Waals surface area contributed by atoms with Gasteiger partial charge in [0.2, 0.25) is 5.91 Å². The number of anilines is 4. The van der Waals surface area contributed by atoms with Crippen molar-refractivity contribution in [2.75, 3.05) is 22.5 Å². The normalized spacial score (nSPS) is 14.4. The lowest BCUT2D eigenvalue weighted by Crippen LogP contribution is -2.27. The second-order valence-corrected chi connectivity index (χ2v) is 9.56. The van der Waals surface area contributed by atoms with Crippen LogP contribution in [0.5, 0.6) is 11.5 Å². The second-order valence-electron chi connectivity index (χ2n) is 9.16. The number of aromatic nitrogens is 2. The minimum Gasteiger partial charge on any atom is -0.456 e. The Morgan fingerprint density at radius 1 is 1.00 bits per heavy atom. The predicted molar refractivity (Wildman–Crippen MR) is 152 cm³/mol. The Morgan fingerprint density at radius 2 is 1.82 bits per heavy atom. The molecule has 1 fully saturated rings. The maximum atomic E-state index is 13.2. The van der Waals surface area contributed by atoms with Crippen molar-refractivity contribution in [3.05, 3.63) is 95.5 Å². The third kappa shape index (κ3) is 7.10. The zero-order valence-corrected chi connectivity index (χ0v) is 22.0. The number of benzene rings is 2. The van der Waals surface area contributed by atoms with Crippen LogP contribution >= 0.6 is 11.6 Å². The van der Waals surface area contributed by atoms with Gasteiger partial charge in [0, 0.05) is 42.3 Å². The molecule has 40 heavy (non-hydrogen) atoms. The van der Waals surface area contributed by atoms with E-state index in [1.54, 1.807) is 54.9 Å². The summed E-state index contributed by atoms with van der Waals surface area (Å²) >= 11 is 6.50. The number of nitrogens with one attached hydrogen (secondary N) is 4. The van der Waals surface area contributed by atoms with Crippen LogP contribution < -0.4 is 26.0 Å². The average Bonchev–Trinajstić information content (AvgIpc) is 3.45. The van der Waals surface area contributed by atoms with Gasteiger partial charge in [0.25, 0.3) is 5.91 Å². The van der Waals surface area contributed by atoms with E-state index in [-0.39, 0.29) is 11.9 Å². The third-order valence-corrected chi connectivity index (χ3v) is 6.47. The maximum absolute atomic E-state index is 13.2. The van der Waals surface area contributed by atoms with Crippen molar-refractivity contribution in [2.24, 2.45) is 0 Å². The van der Waals surface area contributed by atoms with E-state index in [1.165, 1.54) is 24.3 Å². The molecule has 1 atom stereocenters. The number of hydrogen-bond donors (Lipinski definition) is 4. The number of ether oxygens (including phenoxy) is 1. The first-order chi connectivity index (χ1) is 19.4. The molecule has 3 heterocycles. The summed E-state index contributed by atoms with van der Waals surface area (Å²) in [5.41, 5.74) is 1.32. The van der Waals surface area contributed by atoms with Gasteiger partial charge in [-0.25, -0.2) is 14.4 Å². The van der Waals surface area contributed by atoms with E-state index in [4.69, 9.17) is 16.3 Å². The van der Waals surface area contributed by atoms with Crippen LogP contribution in [0.4, 0.5) is 27.4 Å². The highest BCUT2D eigenvalue weighted by Crippen LogP contribution is 2.33. The van der Waals surface area contributed by atoms with E-state index in [2.05, 4.69) is 31.2 Å². The van der Waals surface area contributed by atoms with E-state index < -0.39 is 11.7 Å². The van der Waals surface area contributed by atoms with E-state index >= 15 is 0 Å². The van der Waals surface area contributed by atoms with Gasteiger partial charge in [0.1, 0.15) is 29.0 Å². The molecule has 1 aliphatic heterocycles. The van der Waals surface area contributed by atoms with Gasteiger partial charge in [0.05, 0.1) is 10.6 Å². The molecule has 4 N–H and O–H groups in total. The molecule has 0 saturated carbocycles. The van der Waals surface area contributed by atoms with Crippen molar-refractivity contribution < 1.29 is 18.7 Å². The van der Waals surface area contributed by atoms with Crippen LogP contribution in [0.1, 0.15) is 29.6 Å². The van der Waals surface area contributed by atoms with Crippen molar-refractivity contribution in [2.45, 2.75) is 25.3 Å². The van der Waals surface area contributed by atoms with Crippen molar-refractivity contribution in [1.82, 2.24) is 15.3 Å². The summed E-state index contributed by atoms with van der Waals surface area (Å²) in [6.45, 7) is 0.935. The number of carbonyl (C=O) groups is 2. The summed E-state index contributed by atoms with van der Waals surface area (Å²) in [4.78, 5) is 33.7. The van der Waals surface area contributed by atoms with Crippen LogP contribution in [-0.4, -0.2) is 34.4 Å². The van der Waals surface area contributed by atoms with Crippen LogP contribution in [0.3, 0.4) is 0 Å². The SMILES string of the molecule is O=C(CC1CCCN1)Nc1cc(Oc2ccc(Nc3ncccc3C(=O)Nc3ccc(F)cc3)cc2Cl)ccn1. The van der Waals surface area contributed by atoms with E-state index in [9.17, 15) is 14.0 Å². The van der Waals surface area contributed by atoms with E-state index in [0.29, 0.717) is 51.5 Å². The molecule has 204 valence electrons. The molecule has 11 heteroatoms. The molecule has 2 aromatic heterocycles. The number of carbonyl (C=O) groups excluding carboxylic acids is 2. The van der Waals surface area contributed by atoms with Gasteiger partial charge in [-0.1, -0.05) is 11.6 Å². The minimum absolute atomic E-state index is 0.113. The van der Waals surface area contributed by atoms with Crippen molar-refractivity contribution in [3.8, 4) is 11.5 Å². The monoisotopic (exact) mass is 560 g/mol. The number of amides is 2. The number of pyridine rings is 2. The molecular formula is C29H26ClFN6O3. The summed E-state index contributed by atoms with van der Waals surface area (Å²) in [7, 11) is 0. The van der Waals surface area contributed by atoms with Crippen LogP contribution in [-0.2, 0) is 4.79 Å². The smallest absolute Gasteiger partial charge is 0.259 e. The lowest BCUT2D eigenvalue weighted by molar-refractivity contribution is -0.116. The number of halogens is 2. The highest BCUT2D eigenvalue weighted by atomic mass is 35.5. The molecule has 2 aromatic carbocycles. The van der Waals surface area contributed by atoms with E-state index in [1.807, 2.05) is 0 Å². The lowest BCUT2D eigenvalue weighted by Gasteiger charge is -2.14. The molecule has 2 amide bonds. The van der Waals surface area contributed by atoms with Crippen molar-refractivity contribution in [1.29, 1.82) is 0 Å². The molecule has 1 saturated heterocycles. The predicted octanol–water partition coefficient (Wildman–Crippen LogP) is 6.14. The van der Waals surface area contributed by atoms with Gasteiger partial charge in [-0.3, -0.25) is 9.59 Å². The second kappa shape index (κ2) is 12.5. The molecule has 1 aliphatic rings. The molecule has 0 aliphatic carbocycles. The fraction of sp³-hybridized carbons (Fsp3) is 0.172. The minimum atomic E-state index is -0.409. The molecule has 9 nitrogen and oxygen atoms in total. The van der Waals surface area contributed by atoms with Gasteiger partial charge in [-0.2, -0.15) is 0 Å². The third-order valence-electron chi connectivity index (χ3n) is 6.17. The molecule has 0 bridgehead atoms. The standard InChI is InChI=1S/C29H26ClFN6O3/c30-24-15-21(35-28-23(4-2-13-34-28)29(39)36-19-7-5-18(31)6-8-19)9-10-25(24)40-22-11-14-33-26(17-22)37-27(38)16-20-3-1-12-32-20/h2,4-11,13-15,17,20,32H,1,3,12,16H2,(H,34,35)(H,36,39)(H,33,37,38). The van der Waals surface area contributed by atoms with Crippen molar-refractivity contribution >= 4 is 46.4 Å². The zero-order chi connectivity index (χ0) is 27.9. The van der Waals surface area contributed by atoms with Crippen LogP contribution in [0.15, 0.2) is 79.1 Å². The first kappa shape index (κ1) is 27.0. The Hall–Kier alpha value is -4.54. The Morgan fingerprint density at radius 3 is 2.60 bits per heavy atom. The Labute approximate surface area is 235 Å². The van der Waals surface area contributed by atoms with Crippen molar-refractivity contribution in [3.63, 3.8) is 0 Å². The van der Waals surface area contributed by atoms with E-state index in [0.717, 1.165) is 19.4 Å². The lowest BCUT2D eigenvalue weighted by atomic mass is 10.1. The number of rotatable bonds is 9. The first-order valence-electron chi connectivity index (χ1n) is 12.7. The molecular weight excluding hydrogens is 535 g/mol. The molecule has 4 aromatic rings. The molecule has 0 radical (unpaired) electrons. The van der Waals surface area contributed by atoms with Crippen LogP contribution in [0.25, 0.3) is 0 Å². The largest absolute Gasteiger partial charge is 0.456 e. The van der Waals surface area contributed by atoms with Gasteiger partial charge >= 0.3 is 0 Å². The Bertz CT molecular complexity index is 1510. The quantitative estimate of drug-likeness (QED) is 0.194. The summed E-state index contributed by atoms with van der Waals surface area (Å²) in [5, 5.41) is 12.3. The highest BCUT2D eigenvalue weighted by molar-refractivity contribution is 6.32. The maximum Gasteiger partial charge on any atom is 0.259 e. The summed E-state index contributed by atoms with van der Waals surface area (Å²) in [6, 6.07) is 17.3. The van der Waals surface area contributed by atoms with Crippen LogP contribution in [0.2, 0.25) is 5.02 Å². The van der Waals surface area contributed by atoms with Gasteiger partial charge in [0.15, 0.2) is 0 Å². The number of hydrogen-bond acceptors (Lipinski definition) is 7. The highest BCUT2D eigenvalue weighted by Gasteiger charge is 2.18. The van der Waals surface area contributed by atoms with Gasteiger partial charge < -0.3 is 26.0 Å². The zero-order valence-electron chi connectivity index (χ0n) is 21.3. The fourth-order valence-electron chi connectivity index (χ4n) is 4.24. The summed E-state index contributed by atoms with van der Waals surface area (Å²) in [6.07, 6.45) is 5.55. The molecule has 0 spiro atoms. The van der Waals surface area contributed by atoms with Crippen LogP contribution in [0, 0.1) is 5.82 Å². The molecule has 1 unspecified atom stereocenters. The fourth-order valence-corrected chi connectivity index (χ4v) is 4.46. The Balaban J connectivity index is 1.23. The molecule has 5 rings (SSSR count). The summed E-state index contributed by atoms with van der Waals surface area (Å²) in [5.74, 6) is 0.629. The number of nitrogens with zero attached hydrogens (tertiary/aromatic N) is 2. The van der Waals surface area contributed by atoms with Gasteiger partial charge in [-0.05, 0) is 80.1 Å².